The number of aliphatic hydroxyl groups is 1. The Morgan fingerprint density at radius 3 is 2.56 bits per heavy atom. The molecule has 0 saturated carbocycles. The molecule has 0 aliphatic carbocycles. The van der Waals surface area contributed by atoms with Crippen LogP contribution in [0.2, 0.25) is 5.02 Å². The predicted molar refractivity (Wildman–Crippen MR) is 90.9 cm³/mol. The van der Waals surface area contributed by atoms with Gasteiger partial charge in [-0.25, -0.2) is 12.8 Å². The number of nitro benzene ring substituents is 1. The summed E-state index contributed by atoms with van der Waals surface area (Å²) in [6.45, 7) is -0.147. The van der Waals surface area contributed by atoms with Crippen molar-refractivity contribution in [3.63, 3.8) is 0 Å². The van der Waals surface area contributed by atoms with Crippen LogP contribution in [-0.4, -0.2) is 31.6 Å². The summed E-state index contributed by atoms with van der Waals surface area (Å²) in [5.41, 5.74) is -0.281. The summed E-state index contributed by atoms with van der Waals surface area (Å²) in [6, 6.07) is 6.30. The van der Waals surface area contributed by atoms with Gasteiger partial charge in [-0.3, -0.25) is 14.8 Å². The molecule has 0 saturated heterocycles. The molecule has 134 valence electrons. The van der Waals surface area contributed by atoms with Crippen LogP contribution in [-0.2, 0) is 10.0 Å². The summed E-state index contributed by atoms with van der Waals surface area (Å²) in [5, 5.41) is 22.3. The van der Waals surface area contributed by atoms with Gasteiger partial charge in [0.25, 0.3) is 15.7 Å². The Kier molecular flexibility index (Phi) is 5.77. The van der Waals surface area contributed by atoms with Crippen molar-refractivity contribution >= 4 is 38.7 Å². The van der Waals surface area contributed by atoms with E-state index in [1.165, 1.54) is 12.1 Å². The lowest BCUT2D eigenvalue weighted by Crippen LogP contribution is -2.16. The number of hydrogen-bond donors (Lipinski definition) is 3. The molecule has 25 heavy (non-hydrogen) atoms. The molecule has 0 aliphatic heterocycles. The van der Waals surface area contributed by atoms with E-state index in [1.807, 2.05) is 0 Å². The first-order valence-corrected chi connectivity index (χ1v) is 8.72. The van der Waals surface area contributed by atoms with E-state index in [-0.39, 0.29) is 35.2 Å². The third-order valence-electron chi connectivity index (χ3n) is 3.07. The summed E-state index contributed by atoms with van der Waals surface area (Å²) in [6.07, 6.45) is 0. The van der Waals surface area contributed by atoms with Crippen LogP contribution in [0.5, 0.6) is 0 Å². The standard InChI is InChI=1S/C14H13ClFN3O5S/c15-11-3-1-9(16)7-14(11)25(23,24)18-13-8-10(19(21)22)2-4-12(13)17-5-6-20/h1-4,7-8,17-18,20H,5-6H2. The smallest absolute Gasteiger partial charge is 0.271 e. The van der Waals surface area contributed by atoms with Crippen LogP contribution in [0, 0.1) is 15.9 Å². The van der Waals surface area contributed by atoms with Gasteiger partial charge in [0.1, 0.15) is 10.7 Å². The van der Waals surface area contributed by atoms with Gasteiger partial charge in [0.05, 0.1) is 27.9 Å². The van der Waals surface area contributed by atoms with E-state index in [0.717, 1.165) is 24.3 Å². The number of nitro groups is 1. The highest BCUT2D eigenvalue weighted by Gasteiger charge is 2.22. The summed E-state index contributed by atoms with van der Waals surface area (Å²) in [5.74, 6) is -0.803. The first kappa shape index (κ1) is 18.9. The molecule has 0 radical (unpaired) electrons. The fraction of sp³-hybridized carbons (Fsp3) is 0.143. The number of halogens is 2. The van der Waals surface area contributed by atoms with Gasteiger partial charge in [0.15, 0.2) is 0 Å². The average molecular weight is 390 g/mol. The number of sulfonamides is 1. The largest absolute Gasteiger partial charge is 0.395 e. The Bertz CT molecular complexity index is 907. The maximum absolute atomic E-state index is 13.4. The van der Waals surface area contributed by atoms with Crippen LogP contribution >= 0.6 is 11.6 Å². The second kappa shape index (κ2) is 7.64. The summed E-state index contributed by atoms with van der Waals surface area (Å²) in [7, 11) is -4.30. The van der Waals surface area contributed by atoms with Crippen molar-refractivity contribution < 1.29 is 22.8 Å². The number of hydrogen-bond acceptors (Lipinski definition) is 6. The first-order valence-electron chi connectivity index (χ1n) is 6.85. The number of non-ortho nitro benzene ring substituents is 1. The van der Waals surface area contributed by atoms with E-state index >= 15 is 0 Å². The molecule has 8 nitrogen and oxygen atoms in total. The Morgan fingerprint density at radius 2 is 1.92 bits per heavy atom. The Balaban J connectivity index is 2.47. The third-order valence-corrected chi connectivity index (χ3v) is 4.92. The molecule has 11 heteroatoms. The molecule has 2 rings (SSSR count). The number of nitrogens with zero attached hydrogens (tertiary/aromatic N) is 1. The van der Waals surface area contributed by atoms with Crippen molar-refractivity contribution in [1.82, 2.24) is 0 Å². The number of aliphatic hydroxyl groups excluding tert-OH is 1. The van der Waals surface area contributed by atoms with Gasteiger partial charge in [-0.05, 0) is 24.3 Å². The molecular weight excluding hydrogens is 377 g/mol. The molecule has 0 heterocycles. The van der Waals surface area contributed by atoms with E-state index in [9.17, 15) is 22.9 Å². The highest BCUT2D eigenvalue weighted by atomic mass is 35.5. The lowest BCUT2D eigenvalue weighted by atomic mass is 10.2. The van der Waals surface area contributed by atoms with E-state index in [1.54, 1.807) is 0 Å². The Labute approximate surface area is 147 Å². The van der Waals surface area contributed by atoms with Gasteiger partial charge < -0.3 is 10.4 Å². The average Bonchev–Trinajstić information content (AvgIpc) is 2.55. The van der Waals surface area contributed by atoms with Gasteiger partial charge in [-0.1, -0.05) is 11.6 Å². The molecule has 3 N–H and O–H groups in total. The highest BCUT2D eigenvalue weighted by Crippen LogP contribution is 2.31. The number of benzene rings is 2. The van der Waals surface area contributed by atoms with E-state index in [2.05, 4.69) is 10.0 Å². The normalized spacial score (nSPS) is 11.2. The summed E-state index contributed by atoms with van der Waals surface area (Å²) in [4.78, 5) is 9.71. The lowest BCUT2D eigenvalue weighted by Gasteiger charge is -2.14. The van der Waals surface area contributed by atoms with Gasteiger partial charge in [-0.15, -0.1) is 0 Å². The minimum atomic E-state index is -4.30. The zero-order chi connectivity index (χ0) is 18.6. The fourth-order valence-electron chi connectivity index (χ4n) is 1.96. The summed E-state index contributed by atoms with van der Waals surface area (Å²) >= 11 is 5.81. The summed E-state index contributed by atoms with van der Waals surface area (Å²) < 4.78 is 40.4. The molecule has 0 unspecified atom stereocenters. The van der Waals surface area contributed by atoms with Crippen LogP contribution in [0.4, 0.5) is 21.5 Å². The number of rotatable bonds is 7. The second-order valence-corrected chi connectivity index (χ2v) is 6.88. The second-order valence-electron chi connectivity index (χ2n) is 4.82. The Hall–Kier alpha value is -2.43. The minimum Gasteiger partial charge on any atom is -0.395 e. The zero-order valence-corrected chi connectivity index (χ0v) is 14.1. The topological polar surface area (TPSA) is 122 Å². The van der Waals surface area contributed by atoms with Crippen LogP contribution in [0.15, 0.2) is 41.3 Å². The molecule has 0 aromatic heterocycles. The molecule has 0 atom stereocenters. The highest BCUT2D eigenvalue weighted by molar-refractivity contribution is 7.92. The van der Waals surface area contributed by atoms with Crippen molar-refractivity contribution in [3.8, 4) is 0 Å². The van der Waals surface area contributed by atoms with Crippen LogP contribution < -0.4 is 10.0 Å². The van der Waals surface area contributed by atoms with Gasteiger partial charge >= 0.3 is 0 Å². The van der Waals surface area contributed by atoms with Crippen molar-refractivity contribution in [2.45, 2.75) is 4.90 Å². The molecule has 2 aromatic carbocycles. The van der Waals surface area contributed by atoms with Crippen molar-refractivity contribution in [1.29, 1.82) is 0 Å². The third kappa shape index (κ3) is 4.56. The van der Waals surface area contributed by atoms with E-state index in [0.29, 0.717) is 0 Å². The monoisotopic (exact) mass is 389 g/mol. The van der Waals surface area contributed by atoms with Crippen LogP contribution in [0.1, 0.15) is 0 Å². The van der Waals surface area contributed by atoms with Crippen molar-refractivity contribution in [2.75, 3.05) is 23.2 Å². The first-order chi connectivity index (χ1) is 11.7. The molecule has 0 bridgehead atoms. The number of anilines is 2. The Morgan fingerprint density at radius 1 is 1.20 bits per heavy atom. The molecule has 0 aliphatic rings. The minimum absolute atomic E-state index is 0.0905. The number of nitrogens with one attached hydrogen (secondary N) is 2. The van der Waals surface area contributed by atoms with Crippen molar-refractivity contribution in [3.05, 3.63) is 57.4 Å². The SMILES string of the molecule is O=[N+]([O-])c1ccc(NCCO)c(NS(=O)(=O)c2cc(F)ccc2Cl)c1. The fourth-order valence-corrected chi connectivity index (χ4v) is 3.54. The quantitative estimate of drug-likeness (QED) is 0.494. The lowest BCUT2D eigenvalue weighted by molar-refractivity contribution is -0.384. The molecule has 0 amide bonds. The maximum atomic E-state index is 13.4. The van der Waals surface area contributed by atoms with Crippen molar-refractivity contribution in [2.24, 2.45) is 0 Å². The zero-order valence-electron chi connectivity index (χ0n) is 12.6. The van der Waals surface area contributed by atoms with Gasteiger partial charge in [-0.2, -0.15) is 0 Å². The van der Waals surface area contributed by atoms with Crippen LogP contribution in [0.25, 0.3) is 0 Å². The van der Waals surface area contributed by atoms with Crippen LogP contribution in [0.3, 0.4) is 0 Å². The molecule has 0 spiro atoms. The van der Waals surface area contributed by atoms with E-state index in [4.69, 9.17) is 16.7 Å². The predicted octanol–water partition coefficient (Wildman–Crippen LogP) is 2.59. The maximum Gasteiger partial charge on any atom is 0.271 e. The molecule has 2 aromatic rings. The van der Waals surface area contributed by atoms with E-state index < -0.39 is 25.7 Å². The van der Waals surface area contributed by atoms with Gasteiger partial charge in [0, 0.05) is 18.7 Å². The van der Waals surface area contributed by atoms with Gasteiger partial charge in [0.2, 0.25) is 0 Å². The molecule has 0 fully saturated rings. The molecular formula is C14H13ClFN3O5S.